The van der Waals surface area contributed by atoms with Crippen molar-refractivity contribution >= 4 is 5.96 Å². The summed E-state index contributed by atoms with van der Waals surface area (Å²) in [5.74, 6) is 1.36. The molecule has 2 aromatic rings. The van der Waals surface area contributed by atoms with Crippen molar-refractivity contribution in [1.82, 2.24) is 10.6 Å². The van der Waals surface area contributed by atoms with Gasteiger partial charge in [0.2, 0.25) is 0 Å². The Kier molecular flexibility index (Phi) is 6.61. The quantitative estimate of drug-likeness (QED) is 0.632. The summed E-state index contributed by atoms with van der Waals surface area (Å²) < 4.78 is 18.9. The van der Waals surface area contributed by atoms with Crippen LogP contribution in [-0.4, -0.2) is 26.7 Å². The predicted octanol–water partition coefficient (Wildman–Crippen LogP) is 3.05. The molecule has 0 fully saturated rings. The molecule has 0 saturated carbocycles. The van der Waals surface area contributed by atoms with Gasteiger partial charge in [-0.25, -0.2) is 4.39 Å². The van der Waals surface area contributed by atoms with Crippen molar-refractivity contribution in [2.75, 3.05) is 20.7 Å². The Labute approximate surface area is 142 Å². The van der Waals surface area contributed by atoms with Crippen LogP contribution in [0.25, 0.3) is 0 Å². The van der Waals surface area contributed by atoms with Crippen LogP contribution in [0.3, 0.4) is 0 Å². The predicted molar refractivity (Wildman–Crippen MR) is 96.0 cm³/mol. The van der Waals surface area contributed by atoms with Gasteiger partial charge in [0.1, 0.15) is 11.6 Å². The van der Waals surface area contributed by atoms with Gasteiger partial charge in [-0.3, -0.25) is 4.99 Å². The maximum absolute atomic E-state index is 13.6. The van der Waals surface area contributed by atoms with E-state index in [0.29, 0.717) is 31.0 Å². The largest absolute Gasteiger partial charge is 0.497 e. The van der Waals surface area contributed by atoms with E-state index in [1.165, 1.54) is 6.07 Å². The van der Waals surface area contributed by atoms with Crippen LogP contribution in [-0.2, 0) is 13.0 Å². The van der Waals surface area contributed by atoms with Crippen LogP contribution in [0.2, 0.25) is 0 Å². The highest BCUT2D eigenvalue weighted by Crippen LogP contribution is 2.16. The molecule has 0 saturated heterocycles. The third-order valence-corrected chi connectivity index (χ3v) is 3.67. The highest BCUT2D eigenvalue weighted by Gasteiger charge is 2.03. The molecule has 4 nitrogen and oxygen atoms in total. The zero-order valence-corrected chi connectivity index (χ0v) is 14.4. The summed E-state index contributed by atoms with van der Waals surface area (Å²) in [6.07, 6.45) is 0.603. The number of hydrogen-bond acceptors (Lipinski definition) is 2. The van der Waals surface area contributed by atoms with Crippen LogP contribution >= 0.6 is 0 Å². The molecule has 5 heteroatoms. The average molecular weight is 329 g/mol. The summed E-state index contributed by atoms with van der Waals surface area (Å²) in [7, 11) is 3.38. The van der Waals surface area contributed by atoms with Crippen molar-refractivity contribution in [3.05, 3.63) is 65.0 Å². The monoisotopic (exact) mass is 329 g/mol. The fraction of sp³-hybridized carbons (Fsp3) is 0.316. The first-order valence-electron chi connectivity index (χ1n) is 7.95. The number of ether oxygens (including phenoxy) is 1. The summed E-state index contributed by atoms with van der Waals surface area (Å²) in [6.45, 7) is 3.28. The highest BCUT2D eigenvalue weighted by atomic mass is 19.1. The second-order valence-corrected chi connectivity index (χ2v) is 5.55. The molecule has 0 radical (unpaired) electrons. The molecule has 128 valence electrons. The number of methoxy groups -OCH3 is 1. The van der Waals surface area contributed by atoms with Gasteiger partial charge in [0.15, 0.2) is 5.96 Å². The standard InChI is InChI=1S/C19H24FN3O/c1-14-10-15(12-17(11-14)24-3)13-23-19(21-2)22-9-8-16-6-4-5-7-18(16)20/h4-7,10-12H,8-9,13H2,1-3H3,(H2,21,22,23). The number of hydrogen-bond donors (Lipinski definition) is 2. The van der Waals surface area contributed by atoms with E-state index in [1.54, 1.807) is 26.3 Å². The van der Waals surface area contributed by atoms with E-state index in [0.717, 1.165) is 16.9 Å². The fourth-order valence-electron chi connectivity index (χ4n) is 2.47. The highest BCUT2D eigenvalue weighted by molar-refractivity contribution is 5.79. The molecule has 0 heterocycles. The molecule has 2 N–H and O–H groups in total. The molecule has 0 spiro atoms. The van der Waals surface area contributed by atoms with Crippen molar-refractivity contribution in [2.45, 2.75) is 19.9 Å². The van der Waals surface area contributed by atoms with Crippen LogP contribution in [0, 0.1) is 12.7 Å². The number of halogens is 1. The molecule has 2 rings (SSSR count). The molecule has 0 aliphatic rings. The molecule has 2 aromatic carbocycles. The van der Waals surface area contributed by atoms with E-state index in [2.05, 4.69) is 21.7 Å². The minimum absolute atomic E-state index is 0.172. The number of nitrogens with zero attached hydrogens (tertiary/aromatic N) is 1. The first-order valence-corrected chi connectivity index (χ1v) is 7.95. The van der Waals surface area contributed by atoms with Gasteiger partial charge in [-0.2, -0.15) is 0 Å². The smallest absolute Gasteiger partial charge is 0.191 e. The number of aliphatic imine (C=N–C) groups is 1. The summed E-state index contributed by atoms with van der Waals surface area (Å²) in [5, 5.41) is 6.45. The molecular formula is C19H24FN3O. The van der Waals surface area contributed by atoms with Crippen molar-refractivity contribution in [3.8, 4) is 5.75 Å². The van der Waals surface area contributed by atoms with Gasteiger partial charge < -0.3 is 15.4 Å². The normalized spacial score (nSPS) is 11.2. The van der Waals surface area contributed by atoms with E-state index in [9.17, 15) is 4.39 Å². The van der Waals surface area contributed by atoms with Crippen molar-refractivity contribution < 1.29 is 9.13 Å². The lowest BCUT2D eigenvalue weighted by Crippen LogP contribution is -2.37. The molecule has 0 aliphatic heterocycles. The fourth-order valence-corrected chi connectivity index (χ4v) is 2.47. The molecule has 0 amide bonds. The molecule has 0 unspecified atom stereocenters. The van der Waals surface area contributed by atoms with Gasteiger partial charge in [-0.05, 0) is 48.2 Å². The van der Waals surface area contributed by atoms with Gasteiger partial charge >= 0.3 is 0 Å². The van der Waals surface area contributed by atoms with E-state index in [4.69, 9.17) is 4.74 Å². The van der Waals surface area contributed by atoms with Crippen LogP contribution in [0.5, 0.6) is 5.75 Å². The lowest BCUT2D eigenvalue weighted by molar-refractivity contribution is 0.414. The SMILES string of the molecule is CN=C(NCCc1ccccc1F)NCc1cc(C)cc(OC)c1. The minimum atomic E-state index is -0.172. The number of nitrogens with one attached hydrogen (secondary N) is 2. The number of aryl methyl sites for hydroxylation is 1. The second kappa shape index (κ2) is 8.91. The zero-order chi connectivity index (χ0) is 17.4. The lowest BCUT2D eigenvalue weighted by Gasteiger charge is -2.13. The molecule has 0 atom stereocenters. The first-order chi connectivity index (χ1) is 11.6. The Bertz CT molecular complexity index is 701. The van der Waals surface area contributed by atoms with Gasteiger partial charge in [-0.15, -0.1) is 0 Å². The van der Waals surface area contributed by atoms with E-state index < -0.39 is 0 Å². The van der Waals surface area contributed by atoms with Crippen LogP contribution in [0.4, 0.5) is 4.39 Å². The summed E-state index contributed by atoms with van der Waals surface area (Å²) in [6, 6.07) is 12.9. The van der Waals surface area contributed by atoms with Gasteiger partial charge in [0.25, 0.3) is 0 Å². The second-order valence-electron chi connectivity index (χ2n) is 5.55. The van der Waals surface area contributed by atoms with E-state index in [1.807, 2.05) is 25.1 Å². The topological polar surface area (TPSA) is 45.7 Å². The van der Waals surface area contributed by atoms with Crippen LogP contribution in [0.1, 0.15) is 16.7 Å². The lowest BCUT2D eigenvalue weighted by atomic mass is 10.1. The maximum atomic E-state index is 13.6. The summed E-state index contributed by atoms with van der Waals surface area (Å²) in [5.41, 5.74) is 2.96. The Morgan fingerprint density at radius 2 is 1.96 bits per heavy atom. The Hall–Kier alpha value is -2.56. The molecule has 0 aliphatic carbocycles. The van der Waals surface area contributed by atoms with Gasteiger partial charge in [0, 0.05) is 20.1 Å². The van der Waals surface area contributed by atoms with Gasteiger partial charge in [-0.1, -0.05) is 24.3 Å². The number of guanidine groups is 1. The summed E-state index contributed by atoms with van der Waals surface area (Å²) >= 11 is 0. The molecule has 0 bridgehead atoms. The number of benzene rings is 2. The van der Waals surface area contributed by atoms with Crippen molar-refractivity contribution in [2.24, 2.45) is 4.99 Å². The van der Waals surface area contributed by atoms with Crippen LogP contribution in [0.15, 0.2) is 47.5 Å². The molecular weight excluding hydrogens is 305 g/mol. The summed E-state index contributed by atoms with van der Waals surface area (Å²) in [4.78, 5) is 4.19. The van der Waals surface area contributed by atoms with Crippen LogP contribution < -0.4 is 15.4 Å². The van der Waals surface area contributed by atoms with E-state index >= 15 is 0 Å². The van der Waals surface area contributed by atoms with Crippen molar-refractivity contribution in [3.63, 3.8) is 0 Å². The first kappa shape index (κ1) is 17.8. The molecule has 24 heavy (non-hydrogen) atoms. The zero-order valence-electron chi connectivity index (χ0n) is 14.4. The minimum Gasteiger partial charge on any atom is -0.497 e. The Balaban J connectivity index is 1.84. The van der Waals surface area contributed by atoms with E-state index in [-0.39, 0.29) is 5.82 Å². The average Bonchev–Trinajstić information content (AvgIpc) is 2.59. The Morgan fingerprint density at radius 1 is 1.17 bits per heavy atom. The number of rotatable bonds is 6. The van der Waals surface area contributed by atoms with Gasteiger partial charge in [0.05, 0.1) is 7.11 Å². The maximum Gasteiger partial charge on any atom is 0.191 e. The molecule has 0 aromatic heterocycles. The Morgan fingerprint density at radius 3 is 2.67 bits per heavy atom. The van der Waals surface area contributed by atoms with Crippen molar-refractivity contribution in [1.29, 1.82) is 0 Å². The third-order valence-electron chi connectivity index (χ3n) is 3.67. The third kappa shape index (κ3) is 5.26.